The molecule has 90 valence electrons. The van der Waals surface area contributed by atoms with Crippen molar-refractivity contribution in [2.45, 2.75) is 19.9 Å². The van der Waals surface area contributed by atoms with E-state index >= 15 is 0 Å². The first kappa shape index (κ1) is 12.1. The molecular formula is C13H16ClN3. The molecule has 0 aliphatic carbocycles. The third kappa shape index (κ3) is 2.51. The lowest BCUT2D eigenvalue weighted by Gasteiger charge is -2.08. The molecule has 0 bridgehead atoms. The third-order valence-electron chi connectivity index (χ3n) is 2.76. The molecular weight excluding hydrogens is 234 g/mol. The van der Waals surface area contributed by atoms with E-state index in [9.17, 15) is 0 Å². The molecule has 1 heterocycles. The molecule has 3 nitrogen and oxygen atoms in total. The highest BCUT2D eigenvalue weighted by molar-refractivity contribution is 6.30. The summed E-state index contributed by atoms with van der Waals surface area (Å²) in [5.74, 6) is 0.979. The van der Waals surface area contributed by atoms with Crippen LogP contribution in [0.4, 0.5) is 0 Å². The number of nitrogens with two attached hydrogens (primary N) is 1. The highest BCUT2D eigenvalue weighted by atomic mass is 35.5. The van der Waals surface area contributed by atoms with Gasteiger partial charge in [-0.2, -0.15) is 0 Å². The van der Waals surface area contributed by atoms with Crippen molar-refractivity contribution in [3.8, 4) is 11.4 Å². The van der Waals surface area contributed by atoms with Gasteiger partial charge in [-0.3, -0.25) is 0 Å². The van der Waals surface area contributed by atoms with Crippen LogP contribution in [0.15, 0.2) is 30.5 Å². The van der Waals surface area contributed by atoms with Crippen LogP contribution in [0.2, 0.25) is 5.02 Å². The van der Waals surface area contributed by atoms with E-state index in [2.05, 4.69) is 16.5 Å². The van der Waals surface area contributed by atoms with E-state index in [1.165, 1.54) is 5.69 Å². The van der Waals surface area contributed by atoms with E-state index in [1.54, 1.807) is 0 Å². The lowest BCUT2D eigenvalue weighted by Crippen LogP contribution is -2.09. The summed E-state index contributed by atoms with van der Waals surface area (Å²) in [7, 11) is 0. The largest absolute Gasteiger partial charge is 0.330 e. The van der Waals surface area contributed by atoms with Crippen LogP contribution in [-0.2, 0) is 13.0 Å². The summed E-state index contributed by atoms with van der Waals surface area (Å²) in [4.78, 5) is 4.47. The fraction of sp³-hybridized carbons (Fsp3) is 0.308. The Hall–Kier alpha value is -1.32. The monoisotopic (exact) mass is 249 g/mol. The zero-order valence-electron chi connectivity index (χ0n) is 9.86. The molecule has 1 aromatic heterocycles. The van der Waals surface area contributed by atoms with Crippen LogP contribution in [-0.4, -0.2) is 16.1 Å². The molecule has 0 saturated heterocycles. The van der Waals surface area contributed by atoms with Crippen LogP contribution in [0.25, 0.3) is 11.4 Å². The number of rotatable bonds is 4. The summed E-state index contributed by atoms with van der Waals surface area (Å²) in [6.07, 6.45) is 2.76. The Balaban J connectivity index is 2.41. The van der Waals surface area contributed by atoms with Gasteiger partial charge in [0.05, 0.1) is 0 Å². The molecule has 0 aliphatic rings. The van der Waals surface area contributed by atoms with Crippen LogP contribution in [0, 0.1) is 0 Å². The van der Waals surface area contributed by atoms with Crippen molar-refractivity contribution >= 4 is 11.6 Å². The first-order valence-electron chi connectivity index (χ1n) is 5.76. The lowest BCUT2D eigenvalue weighted by molar-refractivity contribution is 0.714. The predicted octanol–water partition coefficient (Wildman–Crippen LogP) is 2.72. The molecule has 0 unspecified atom stereocenters. The Kier molecular flexibility index (Phi) is 3.82. The summed E-state index contributed by atoms with van der Waals surface area (Å²) >= 11 is 5.88. The normalized spacial score (nSPS) is 10.8. The van der Waals surface area contributed by atoms with Crippen LogP contribution in [0.5, 0.6) is 0 Å². The van der Waals surface area contributed by atoms with Gasteiger partial charge in [-0.05, 0) is 37.7 Å². The number of hydrogen-bond donors (Lipinski definition) is 1. The quantitative estimate of drug-likeness (QED) is 0.906. The van der Waals surface area contributed by atoms with Crippen LogP contribution >= 0.6 is 11.6 Å². The number of nitrogens with zero attached hydrogens (tertiary/aromatic N) is 2. The third-order valence-corrected chi connectivity index (χ3v) is 3.01. The summed E-state index contributed by atoms with van der Waals surface area (Å²) in [5.41, 5.74) is 7.86. The smallest absolute Gasteiger partial charge is 0.140 e. The van der Waals surface area contributed by atoms with Gasteiger partial charge in [-0.15, -0.1) is 0 Å². The second-order valence-corrected chi connectivity index (χ2v) is 4.30. The van der Waals surface area contributed by atoms with Gasteiger partial charge >= 0.3 is 0 Å². The Bertz CT molecular complexity index is 488. The zero-order valence-corrected chi connectivity index (χ0v) is 10.6. The Morgan fingerprint density at radius 1 is 1.29 bits per heavy atom. The van der Waals surface area contributed by atoms with Gasteiger partial charge in [0.2, 0.25) is 0 Å². The second-order valence-electron chi connectivity index (χ2n) is 3.86. The molecule has 0 saturated carbocycles. The maximum Gasteiger partial charge on any atom is 0.140 e. The van der Waals surface area contributed by atoms with Crippen molar-refractivity contribution in [1.82, 2.24) is 9.55 Å². The second kappa shape index (κ2) is 5.34. The SMILES string of the molecule is CCn1c(CCN)cnc1-c1ccc(Cl)cc1. The van der Waals surface area contributed by atoms with Crippen molar-refractivity contribution in [3.05, 3.63) is 41.2 Å². The van der Waals surface area contributed by atoms with Gasteiger partial charge in [-0.25, -0.2) is 4.98 Å². The standard InChI is InChI=1S/C13H16ClN3/c1-2-17-12(7-8-15)9-16-13(17)10-3-5-11(14)6-4-10/h3-6,9H,2,7-8,15H2,1H3. The van der Waals surface area contributed by atoms with Crippen molar-refractivity contribution in [2.24, 2.45) is 5.73 Å². The summed E-state index contributed by atoms with van der Waals surface area (Å²) in [5, 5.41) is 0.741. The van der Waals surface area contributed by atoms with E-state index in [1.807, 2.05) is 30.5 Å². The van der Waals surface area contributed by atoms with Gasteiger partial charge in [-0.1, -0.05) is 11.6 Å². The molecule has 0 amide bonds. The highest BCUT2D eigenvalue weighted by Crippen LogP contribution is 2.21. The van der Waals surface area contributed by atoms with Crippen molar-refractivity contribution < 1.29 is 0 Å². The minimum absolute atomic E-state index is 0.645. The van der Waals surface area contributed by atoms with Crippen molar-refractivity contribution in [3.63, 3.8) is 0 Å². The molecule has 0 radical (unpaired) electrons. The van der Waals surface area contributed by atoms with E-state index in [0.29, 0.717) is 6.54 Å². The number of imidazole rings is 1. The van der Waals surface area contributed by atoms with E-state index < -0.39 is 0 Å². The Morgan fingerprint density at radius 2 is 2.00 bits per heavy atom. The van der Waals surface area contributed by atoms with Crippen molar-refractivity contribution in [1.29, 1.82) is 0 Å². The van der Waals surface area contributed by atoms with Crippen LogP contribution < -0.4 is 5.73 Å². The lowest BCUT2D eigenvalue weighted by atomic mass is 10.2. The molecule has 0 aliphatic heterocycles. The summed E-state index contributed by atoms with van der Waals surface area (Å²) in [6.45, 7) is 3.65. The van der Waals surface area contributed by atoms with Gasteiger partial charge in [0.1, 0.15) is 5.82 Å². The number of benzene rings is 1. The molecule has 2 aromatic rings. The molecule has 0 fully saturated rings. The fourth-order valence-corrected chi connectivity index (χ4v) is 2.07. The molecule has 4 heteroatoms. The molecule has 17 heavy (non-hydrogen) atoms. The molecule has 2 rings (SSSR count). The molecule has 0 atom stereocenters. The minimum atomic E-state index is 0.645. The average Bonchev–Trinajstić information content (AvgIpc) is 2.73. The summed E-state index contributed by atoms with van der Waals surface area (Å²) in [6, 6.07) is 7.74. The molecule has 1 aromatic carbocycles. The maximum absolute atomic E-state index is 5.88. The fourth-order valence-electron chi connectivity index (χ4n) is 1.94. The number of halogens is 1. The first-order chi connectivity index (χ1) is 8.26. The van der Waals surface area contributed by atoms with E-state index in [-0.39, 0.29) is 0 Å². The topological polar surface area (TPSA) is 43.8 Å². The molecule has 0 spiro atoms. The average molecular weight is 250 g/mol. The maximum atomic E-state index is 5.88. The van der Waals surface area contributed by atoms with Gasteiger partial charge in [0, 0.05) is 35.4 Å². The first-order valence-corrected chi connectivity index (χ1v) is 6.14. The Morgan fingerprint density at radius 3 is 2.59 bits per heavy atom. The van der Waals surface area contributed by atoms with Gasteiger partial charge in [0.15, 0.2) is 0 Å². The Labute approximate surface area is 106 Å². The highest BCUT2D eigenvalue weighted by Gasteiger charge is 2.09. The van der Waals surface area contributed by atoms with Gasteiger partial charge in [0.25, 0.3) is 0 Å². The zero-order chi connectivity index (χ0) is 12.3. The van der Waals surface area contributed by atoms with Gasteiger partial charge < -0.3 is 10.3 Å². The van der Waals surface area contributed by atoms with Crippen LogP contribution in [0.3, 0.4) is 0 Å². The molecule has 2 N–H and O–H groups in total. The summed E-state index contributed by atoms with van der Waals surface area (Å²) < 4.78 is 2.19. The van der Waals surface area contributed by atoms with Crippen LogP contribution in [0.1, 0.15) is 12.6 Å². The van der Waals surface area contributed by atoms with E-state index in [0.717, 1.165) is 29.4 Å². The number of hydrogen-bond acceptors (Lipinski definition) is 2. The number of aromatic nitrogens is 2. The van der Waals surface area contributed by atoms with E-state index in [4.69, 9.17) is 17.3 Å². The minimum Gasteiger partial charge on any atom is -0.330 e. The predicted molar refractivity (Wildman–Crippen MR) is 71.1 cm³/mol. The van der Waals surface area contributed by atoms with Crippen molar-refractivity contribution in [2.75, 3.05) is 6.54 Å².